The van der Waals surface area contributed by atoms with E-state index in [0.29, 0.717) is 6.04 Å². The Morgan fingerprint density at radius 1 is 1.54 bits per heavy atom. The van der Waals surface area contributed by atoms with Crippen molar-refractivity contribution in [2.45, 2.75) is 31.8 Å². The van der Waals surface area contributed by atoms with E-state index in [1.807, 2.05) is 0 Å². The Kier molecular flexibility index (Phi) is 3.54. The predicted octanol–water partition coefficient (Wildman–Crippen LogP) is 0.00850. The van der Waals surface area contributed by atoms with Crippen LogP contribution < -0.4 is 10.6 Å². The fourth-order valence-electron chi connectivity index (χ4n) is 0.899. The third-order valence-corrected chi connectivity index (χ3v) is 2.06. The molecule has 13 heavy (non-hydrogen) atoms. The lowest BCUT2D eigenvalue weighted by Crippen LogP contribution is -2.45. The second kappa shape index (κ2) is 4.46. The van der Waals surface area contributed by atoms with Crippen LogP contribution in [0.25, 0.3) is 0 Å². The van der Waals surface area contributed by atoms with Gasteiger partial charge in [-0.05, 0) is 19.8 Å². The SMILES string of the molecule is CC(NC(=O)CCl)C(=O)NC1CC1. The number of amides is 2. The highest BCUT2D eigenvalue weighted by molar-refractivity contribution is 6.27. The van der Waals surface area contributed by atoms with Gasteiger partial charge in [0.25, 0.3) is 0 Å². The van der Waals surface area contributed by atoms with Crippen molar-refractivity contribution >= 4 is 23.4 Å². The van der Waals surface area contributed by atoms with Gasteiger partial charge in [0, 0.05) is 6.04 Å². The molecular weight excluding hydrogens is 192 g/mol. The molecule has 0 aromatic carbocycles. The summed E-state index contributed by atoms with van der Waals surface area (Å²) in [5.74, 6) is -0.567. The van der Waals surface area contributed by atoms with Gasteiger partial charge in [0.2, 0.25) is 11.8 Å². The van der Waals surface area contributed by atoms with Gasteiger partial charge in [0.1, 0.15) is 11.9 Å². The van der Waals surface area contributed by atoms with Gasteiger partial charge in [-0.25, -0.2) is 0 Å². The van der Waals surface area contributed by atoms with Crippen molar-refractivity contribution in [2.75, 3.05) is 5.88 Å². The average Bonchev–Trinajstić information content (AvgIpc) is 2.87. The number of nitrogens with one attached hydrogen (secondary N) is 2. The summed E-state index contributed by atoms with van der Waals surface area (Å²) in [5.41, 5.74) is 0. The van der Waals surface area contributed by atoms with Crippen LogP contribution in [-0.4, -0.2) is 29.8 Å². The molecule has 0 aromatic rings. The second-order valence-electron chi connectivity index (χ2n) is 3.21. The largest absolute Gasteiger partial charge is 0.352 e. The Balaban J connectivity index is 2.23. The maximum absolute atomic E-state index is 11.3. The summed E-state index contributed by atoms with van der Waals surface area (Å²) in [4.78, 5) is 22.1. The molecule has 1 aliphatic rings. The lowest BCUT2D eigenvalue weighted by molar-refractivity contribution is -0.127. The Labute approximate surface area is 82.0 Å². The Morgan fingerprint density at radius 3 is 2.62 bits per heavy atom. The molecule has 1 fully saturated rings. The number of carbonyl (C=O) groups is 2. The molecule has 1 aliphatic carbocycles. The molecular formula is C8H13ClN2O2. The minimum Gasteiger partial charge on any atom is -0.352 e. The van der Waals surface area contributed by atoms with Crippen LogP contribution in [0, 0.1) is 0 Å². The Morgan fingerprint density at radius 2 is 2.15 bits per heavy atom. The molecule has 0 aromatic heterocycles. The topological polar surface area (TPSA) is 58.2 Å². The smallest absolute Gasteiger partial charge is 0.242 e. The maximum atomic E-state index is 11.3. The molecule has 74 valence electrons. The molecule has 0 spiro atoms. The molecule has 2 amide bonds. The van der Waals surface area contributed by atoms with Crippen LogP contribution in [0.5, 0.6) is 0 Å². The van der Waals surface area contributed by atoms with Crippen LogP contribution in [0.1, 0.15) is 19.8 Å². The lowest BCUT2D eigenvalue weighted by Gasteiger charge is -2.12. The molecule has 0 radical (unpaired) electrons. The van der Waals surface area contributed by atoms with Crippen molar-refractivity contribution in [3.8, 4) is 0 Å². The van der Waals surface area contributed by atoms with Crippen LogP contribution in [0.15, 0.2) is 0 Å². The van der Waals surface area contributed by atoms with Gasteiger partial charge in [-0.2, -0.15) is 0 Å². The van der Waals surface area contributed by atoms with Gasteiger partial charge in [-0.15, -0.1) is 11.6 Å². The minimum absolute atomic E-state index is 0.110. The number of hydrogen-bond acceptors (Lipinski definition) is 2. The molecule has 5 heteroatoms. The van der Waals surface area contributed by atoms with E-state index >= 15 is 0 Å². The highest BCUT2D eigenvalue weighted by atomic mass is 35.5. The van der Waals surface area contributed by atoms with Crippen molar-refractivity contribution in [2.24, 2.45) is 0 Å². The van der Waals surface area contributed by atoms with Crippen LogP contribution in [-0.2, 0) is 9.59 Å². The maximum Gasteiger partial charge on any atom is 0.242 e. The molecule has 0 saturated heterocycles. The van der Waals surface area contributed by atoms with Crippen molar-refractivity contribution in [3.63, 3.8) is 0 Å². The van der Waals surface area contributed by atoms with E-state index in [0.717, 1.165) is 12.8 Å². The average molecular weight is 205 g/mol. The minimum atomic E-state index is -0.494. The molecule has 1 saturated carbocycles. The number of halogens is 1. The first-order chi connectivity index (χ1) is 6.13. The number of hydrogen-bond donors (Lipinski definition) is 2. The zero-order chi connectivity index (χ0) is 9.84. The van der Waals surface area contributed by atoms with Gasteiger partial charge in [-0.1, -0.05) is 0 Å². The molecule has 1 unspecified atom stereocenters. The van der Waals surface area contributed by atoms with Crippen LogP contribution >= 0.6 is 11.6 Å². The van der Waals surface area contributed by atoms with E-state index in [1.54, 1.807) is 6.92 Å². The van der Waals surface area contributed by atoms with E-state index < -0.39 is 6.04 Å². The van der Waals surface area contributed by atoms with E-state index in [2.05, 4.69) is 10.6 Å². The molecule has 2 N–H and O–H groups in total. The van der Waals surface area contributed by atoms with Gasteiger partial charge >= 0.3 is 0 Å². The van der Waals surface area contributed by atoms with E-state index in [-0.39, 0.29) is 17.7 Å². The number of alkyl halides is 1. The van der Waals surface area contributed by atoms with Gasteiger partial charge < -0.3 is 10.6 Å². The van der Waals surface area contributed by atoms with E-state index in [9.17, 15) is 9.59 Å². The monoisotopic (exact) mass is 204 g/mol. The molecule has 4 nitrogen and oxygen atoms in total. The molecule has 0 heterocycles. The fourth-order valence-corrected chi connectivity index (χ4v) is 0.977. The normalized spacial score (nSPS) is 17.7. The fraction of sp³-hybridized carbons (Fsp3) is 0.750. The summed E-state index contributed by atoms with van der Waals surface area (Å²) in [5, 5.41) is 5.27. The quantitative estimate of drug-likeness (QED) is 0.634. The van der Waals surface area contributed by atoms with Crippen molar-refractivity contribution < 1.29 is 9.59 Å². The third-order valence-electron chi connectivity index (χ3n) is 1.82. The van der Waals surface area contributed by atoms with Crippen molar-refractivity contribution in [3.05, 3.63) is 0 Å². The van der Waals surface area contributed by atoms with Crippen LogP contribution in [0.4, 0.5) is 0 Å². The van der Waals surface area contributed by atoms with Gasteiger partial charge in [0.05, 0.1) is 0 Å². The van der Waals surface area contributed by atoms with Crippen LogP contribution in [0.2, 0.25) is 0 Å². The first-order valence-electron chi connectivity index (χ1n) is 4.29. The molecule has 1 rings (SSSR count). The second-order valence-corrected chi connectivity index (χ2v) is 3.47. The first-order valence-corrected chi connectivity index (χ1v) is 4.82. The number of carbonyl (C=O) groups excluding carboxylic acids is 2. The van der Waals surface area contributed by atoms with Crippen molar-refractivity contribution in [1.82, 2.24) is 10.6 Å². The third kappa shape index (κ3) is 3.63. The first kappa shape index (κ1) is 10.3. The molecule has 0 aliphatic heterocycles. The summed E-state index contributed by atoms with van der Waals surface area (Å²) < 4.78 is 0. The zero-order valence-corrected chi connectivity index (χ0v) is 8.23. The van der Waals surface area contributed by atoms with E-state index in [1.165, 1.54) is 0 Å². The Bertz CT molecular complexity index is 216. The zero-order valence-electron chi connectivity index (χ0n) is 7.47. The summed E-state index contributed by atoms with van der Waals surface area (Å²) in [6, 6.07) is -0.172. The summed E-state index contributed by atoms with van der Waals surface area (Å²) >= 11 is 5.28. The molecule has 1 atom stereocenters. The van der Waals surface area contributed by atoms with E-state index in [4.69, 9.17) is 11.6 Å². The predicted molar refractivity (Wildman–Crippen MR) is 49.5 cm³/mol. The van der Waals surface area contributed by atoms with Crippen molar-refractivity contribution in [1.29, 1.82) is 0 Å². The molecule has 0 bridgehead atoms. The number of rotatable bonds is 4. The Hall–Kier alpha value is -0.770. The van der Waals surface area contributed by atoms with Crippen LogP contribution in [0.3, 0.4) is 0 Å². The highest BCUT2D eigenvalue weighted by Crippen LogP contribution is 2.18. The van der Waals surface area contributed by atoms with Gasteiger partial charge in [-0.3, -0.25) is 9.59 Å². The summed E-state index contributed by atoms with van der Waals surface area (Å²) in [7, 11) is 0. The van der Waals surface area contributed by atoms with Gasteiger partial charge in [0.15, 0.2) is 0 Å². The lowest BCUT2D eigenvalue weighted by atomic mass is 10.3. The summed E-state index contributed by atoms with van der Waals surface area (Å²) in [6.07, 6.45) is 2.09. The highest BCUT2D eigenvalue weighted by Gasteiger charge is 2.25. The summed E-state index contributed by atoms with van der Waals surface area (Å²) in [6.45, 7) is 1.64. The standard InChI is InChI=1S/C8H13ClN2O2/c1-5(10-7(12)4-9)8(13)11-6-2-3-6/h5-6H,2-4H2,1H3,(H,10,12)(H,11,13).